The van der Waals surface area contributed by atoms with Crippen LogP contribution in [0.1, 0.15) is 36.0 Å². The highest BCUT2D eigenvalue weighted by Crippen LogP contribution is 2.21. The van der Waals surface area contributed by atoms with Gasteiger partial charge in [0.1, 0.15) is 0 Å². The molecular weight excluding hydrogens is 302 g/mol. The van der Waals surface area contributed by atoms with Crippen molar-refractivity contribution in [1.29, 1.82) is 0 Å². The van der Waals surface area contributed by atoms with Crippen molar-refractivity contribution >= 4 is 11.6 Å². The number of piperazine rings is 1. The van der Waals surface area contributed by atoms with Crippen molar-refractivity contribution in [3.63, 3.8) is 0 Å². The fourth-order valence-electron chi connectivity index (χ4n) is 3.60. The minimum Gasteiger partial charge on any atom is -0.381 e. The Bertz CT molecular complexity index is 530. The van der Waals surface area contributed by atoms with E-state index in [4.69, 9.17) is 4.74 Å². The Morgan fingerprint density at radius 3 is 2.25 bits per heavy atom. The van der Waals surface area contributed by atoms with Gasteiger partial charge >= 0.3 is 0 Å². The van der Waals surface area contributed by atoms with Gasteiger partial charge in [-0.2, -0.15) is 0 Å². The van der Waals surface area contributed by atoms with E-state index in [1.807, 2.05) is 12.1 Å². The fraction of sp³-hybridized carbons (Fsp3) is 0.632. The molecule has 5 nitrogen and oxygen atoms in total. The molecular formula is C19H29N3O2. The number of methoxy groups -OCH3 is 1. The summed E-state index contributed by atoms with van der Waals surface area (Å²) >= 11 is 0. The van der Waals surface area contributed by atoms with Crippen molar-refractivity contribution in [1.82, 2.24) is 10.2 Å². The fourth-order valence-corrected chi connectivity index (χ4v) is 3.60. The van der Waals surface area contributed by atoms with Crippen molar-refractivity contribution in [2.24, 2.45) is 0 Å². The van der Waals surface area contributed by atoms with Gasteiger partial charge in [0.25, 0.3) is 5.91 Å². The molecule has 3 rings (SSSR count). The van der Waals surface area contributed by atoms with Crippen LogP contribution < -0.4 is 10.2 Å². The summed E-state index contributed by atoms with van der Waals surface area (Å²) in [5.74, 6) is 0.0424. The zero-order valence-electron chi connectivity index (χ0n) is 14.8. The minimum absolute atomic E-state index is 0.0424. The van der Waals surface area contributed by atoms with E-state index in [9.17, 15) is 4.79 Å². The standard InChI is InChI=1S/C19H29N3O2/c1-21-11-13-22(14-12-21)17-7-3-15(4-8-17)19(23)20-16-5-9-18(24-2)10-6-16/h3-4,7-8,16,18H,5-6,9-14H2,1-2H3,(H,20,23). The normalized spacial score (nSPS) is 25.5. The summed E-state index contributed by atoms with van der Waals surface area (Å²) in [5.41, 5.74) is 1.96. The van der Waals surface area contributed by atoms with E-state index in [0.717, 1.165) is 57.4 Å². The lowest BCUT2D eigenvalue weighted by Crippen LogP contribution is -2.44. The van der Waals surface area contributed by atoms with E-state index in [1.165, 1.54) is 5.69 Å². The molecule has 1 saturated carbocycles. The average Bonchev–Trinajstić information content (AvgIpc) is 2.63. The first-order chi connectivity index (χ1) is 11.7. The van der Waals surface area contributed by atoms with Gasteiger partial charge in [-0.3, -0.25) is 4.79 Å². The number of ether oxygens (including phenoxy) is 1. The van der Waals surface area contributed by atoms with Crippen LogP contribution in [0.4, 0.5) is 5.69 Å². The molecule has 1 amide bonds. The van der Waals surface area contributed by atoms with Gasteiger partial charge in [0, 0.05) is 50.6 Å². The Labute approximate surface area is 145 Å². The van der Waals surface area contributed by atoms with Crippen molar-refractivity contribution in [2.45, 2.75) is 37.8 Å². The van der Waals surface area contributed by atoms with Crippen LogP contribution in [-0.2, 0) is 4.74 Å². The number of carbonyl (C=O) groups is 1. The molecule has 1 aromatic rings. The first-order valence-corrected chi connectivity index (χ1v) is 9.03. The quantitative estimate of drug-likeness (QED) is 0.918. The van der Waals surface area contributed by atoms with Gasteiger partial charge in [-0.1, -0.05) is 0 Å². The number of hydrogen-bond donors (Lipinski definition) is 1. The van der Waals surface area contributed by atoms with E-state index < -0.39 is 0 Å². The summed E-state index contributed by atoms with van der Waals surface area (Å²) in [4.78, 5) is 17.2. The summed E-state index contributed by atoms with van der Waals surface area (Å²) in [6.45, 7) is 4.27. The lowest BCUT2D eigenvalue weighted by Gasteiger charge is -2.34. The largest absolute Gasteiger partial charge is 0.381 e. The van der Waals surface area contributed by atoms with Crippen LogP contribution in [0, 0.1) is 0 Å². The number of hydrogen-bond acceptors (Lipinski definition) is 4. The van der Waals surface area contributed by atoms with E-state index >= 15 is 0 Å². The Hall–Kier alpha value is -1.59. The molecule has 0 bridgehead atoms. The SMILES string of the molecule is COC1CCC(NC(=O)c2ccc(N3CCN(C)CC3)cc2)CC1. The van der Waals surface area contributed by atoms with Crippen LogP contribution in [0.3, 0.4) is 0 Å². The van der Waals surface area contributed by atoms with E-state index in [1.54, 1.807) is 7.11 Å². The second-order valence-corrected chi connectivity index (χ2v) is 7.02. The van der Waals surface area contributed by atoms with Crippen molar-refractivity contribution in [2.75, 3.05) is 45.2 Å². The van der Waals surface area contributed by atoms with E-state index in [-0.39, 0.29) is 11.9 Å². The zero-order chi connectivity index (χ0) is 16.9. The number of benzene rings is 1. The number of likely N-dealkylation sites (N-methyl/N-ethyl adjacent to an activating group) is 1. The topological polar surface area (TPSA) is 44.8 Å². The van der Waals surface area contributed by atoms with Gasteiger partial charge in [-0.25, -0.2) is 0 Å². The highest BCUT2D eigenvalue weighted by Gasteiger charge is 2.22. The second kappa shape index (κ2) is 7.99. The molecule has 1 aromatic carbocycles. The zero-order valence-corrected chi connectivity index (χ0v) is 14.8. The van der Waals surface area contributed by atoms with Crippen LogP contribution in [0.5, 0.6) is 0 Å². The maximum atomic E-state index is 12.4. The number of amides is 1. The third kappa shape index (κ3) is 4.28. The van der Waals surface area contributed by atoms with Crippen molar-refractivity contribution in [3.05, 3.63) is 29.8 Å². The lowest BCUT2D eigenvalue weighted by molar-refractivity contribution is 0.0599. The predicted molar refractivity (Wildman–Crippen MR) is 96.7 cm³/mol. The molecule has 24 heavy (non-hydrogen) atoms. The van der Waals surface area contributed by atoms with Crippen LogP contribution in [0.25, 0.3) is 0 Å². The first-order valence-electron chi connectivity index (χ1n) is 9.03. The molecule has 0 spiro atoms. The van der Waals surface area contributed by atoms with Crippen molar-refractivity contribution < 1.29 is 9.53 Å². The number of nitrogens with zero attached hydrogens (tertiary/aromatic N) is 2. The molecule has 0 aromatic heterocycles. The smallest absolute Gasteiger partial charge is 0.251 e. The summed E-state index contributed by atoms with van der Waals surface area (Å²) in [6, 6.07) is 8.32. The molecule has 132 valence electrons. The molecule has 0 radical (unpaired) electrons. The maximum absolute atomic E-state index is 12.4. The van der Waals surface area contributed by atoms with Gasteiger partial charge in [0.15, 0.2) is 0 Å². The first kappa shape index (κ1) is 17.2. The number of rotatable bonds is 4. The molecule has 1 aliphatic heterocycles. The molecule has 0 unspecified atom stereocenters. The molecule has 1 N–H and O–H groups in total. The Morgan fingerprint density at radius 1 is 1.04 bits per heavy atom. The van der Waals surface area contributed by atoms with Gasteiger partial charge in [0.2, 0.25) is 0 Å². The second-order valence-electron chi connectivity index (χ2n) is 7.02. The summed E-state index contributed by atoms with van der Waals surface area (Å²) in [7, 11) is 3.93. The summed E-state index contributed by atoms with van der Waals surface area (Å²) in [5, 5.41) is 3.17. The molecule has 1 heterocycles. The lowest BCUT2D eigenvalue weighted by atomic mass is 9.93. The Balaban J connectivity index is 1.52. The number of anilines is 1. The molecule has 0 atom stereocenters. The summed E-state index contributed by atoms with van der Waals surface area (Å²) < 4.78 is 5.39. The average molecular weight is 331 g/mol. The van der Waals surface area contributed by atoms with E-state index in [2.05, 4.69) is 34.3 Å². The van der Waals surface area contributed by atoms with Gasteiger partial charge < -0.3 is 19.9 Å². The van der Waals surface area contributed by atoms with Crippen LogP contribution >= 0.6 is 0 Å². The van der Waals surface area contributed by atoms with Crippen LogP contribution in [0.2, 0.25) is 0 Å². The molecule has 1 aliphatic carbocycles. The minimum atomic E-state index is 0.0424. The molecule has 1 saturated heterocycles. The highest BCUT2D eigenvalue weighted by atomic mass is 16.5. The monoisotopic (exact) mass is 331 g/mol. The summed E-state index contributed by atoms with van der Waals surface area (Å²) in [6.07, 6.45) is 4.43. The van der Waals surface area contributed by atoms with Crippen molar-refractivity contribution in [3.8, 4) is 0 Å². The highest BCUT2D eigenvalue weighted by molar-refractivity contribution is 5.94. The Morgan fingerprint density at radius 2 is 1.67 bits per heavy atom. The van der Waals surface area contributed by atoms with Gasteiger partial charge in [0.05, 0.1) is 6.10 Å². The molecule has 5 heteroatoms. The van der Waals surface area contributed by atoms with E-state index in [0.29, 0.717) is 6.10 Å². The predicted octanol–water partition coefficient (Wildman–Crippen LogP) is 2.13. The molecule has 2 fully saturated rings. The third-order valence-electron chi connectivity index (χ3n) is 5.34. The number of nitrogens with one attached hydrogen (secondary N) is 1. The third-order valence-corrected chi connectivity index (χ3v) is 5.34. The maximum Gasteiger partial charge on any atom is 0.251 e. The number of carbonyl (C=O) groups excluding carboxylic acids is 1. The van der Waals surface area contributed by atoms with Gasteiger partial charge in [-0.15, -0.1) is 0 Å². The Kier molecular flexibility index (Phi) is 5.74. The molecule has 2 aliphatic rings. The van der Waals surface area contributed by atoms with Gasteiger partial charge in [-0.05, 0) is 57.0 Å². The van der Waals surface area contributed by atoms with Crippen LogP contribution in [0.15, 0.2) is 24.3 Å². The van der Waals surface area contributed by atoms with Crippen LogP contribution in [-0.4, -0.2) is 63.3 Å².